The van der Waals surface area contributed by atoms with Gasteiger partial charge in [-0.25, -0.2) is 0 Å². The Morgan fingerprint density at radius 3 is 2.81 bits per heavy atom. The minimum atomic E-state index is 0.0471. The third-order valence-electron chi connectivity index (χ3n) is 5.87. The molecule has 2 aliphatic heterocycles. The standard InChI is InChI=1S/C21H28N4OS/c1-4-24-14(2)12-17(15(24)3)20-19(18-9-5-6-10-22-18)23-21(27)25(20)13-16-8-7-11-26-16/h5-6,9-10,12,16,19-20H,4,7-8,11,13H2,1-3H3,(H,23,27)/t16-,19+,20-/m0/s1. The maximum absolute atomic E-state index is 5.92. The van der Waals surface area contributed by atoms with Crippen molar-refractivity contribution in [2.45, 2.75) is 58.3 Å². The van der Waals surface area contributed by atoms with Crippen molar-refractivity contribution in [3.05, 3.63) is 53.1 Å². The molecule has 0 amide bonds. The fourth-order valence-corrected chi connectivity index (χ4v) is 4.88. The highest BCUT2D eigenvalue weighted by atomic mass is 32.1. The van der Waals surface area contributed by atoms with Gasteiger partial charge >= 0.3 is 0 Å². The molecule has 0 radical (unpaired) electrons. The molecule has 4 rings (SSSR count). The predicted octanol–water partition coefficient (Wildman–Crippen LogP) is 3.67. The van der Waals surface area contributed by atoms with E-state index in [0.29, 0.717) is 0 Å². The summed E-state index contributed by atoms with van der Waals surface area (Å²) in [6.07, 6.45) is 4.35. The number of thiocarbonyl (C=S) groups is 1. The average Bonchev–Trinajstić information content (AvgIpc) is 3.36. The van der Waals surface area contributed by atoms with Crippen LogP contribution in [-0.4, -0.2) is 38.8 Å². The van der Waals surface area contributed by atoms with Gasteiger partial charge in [-0.2, -0.15) is 0 Å². The number of pyridine rings is 1. The second-order valence-electron chi connectivity index (χ2n) is 7.48. The van der Waals surface area contributed by atoms with Gasteiger partial charge in [-0.05, 0) is 69.6 Å². The number of aryl methyl sites for hydroxylation is 1. The fraction of sp³-hybridized carbons (Fsp3) is 0.524. The highest BCUT2D eigenvalue weighted by molar-refractivity contribution is 7.80. The van der Waals surface area contributed by atoms with Crippen LogP contribution in [0, 0.1) is 13.8 Å². The number of nitrogens with zero attached hydrogens (tertiary/aromatic N) is 3. The van der Waals surface area contributed by atoms with Crippen molar-refractivity contribution in [3.8, 4) is 0 Å². The van der Waals surface area contributed by atoms with Crippen molar-refractivity contribution in [2.75, 3.05) is 13.2 Å². The summed E-state index contributed by atoms with van der Waals surface area (Å²) in [5, 5.41) is 4.35. The van der Waals surface area contributed by atoms with Gasteiger partial charge in [0.2, 0.25) is 0 Å². The molecule has 0 aliphatic carbocycles. The SMILES string of the molecule is CCn1c(C)cc([C@H]2[C@@H](c3ccccn3)NC(=S)N2C[C@@H]2CCCO2)c1C. The summed E-state index contributed by atoms with van der Waals surface area (Å²) >= 11 is 5.77. The Morgan fingerprint density at radius 1 is 1.33 bits per heavy atom. The topological polar surface area (TPSA) is 42.3 Å². The van der Waals surface area contributed by atoms with Gasteiger partial charge in [0.05, 0.1) is 23.9 Å². The van der Waals surface area contributed by atoms with E-state index in [1.54, 1.807) is 0 Å². The van der Waals surface area contributed by atoms with Crippen LogP contribution in [0.15, 0.2) is 30.5 Å². The van der Waals surface area contributed by atoms with Crippen LogP contribution in [0.2, 0.25) is 0 Å². The van der Waals surface area contributed by atoms with Crippen molar-refractivity contribution in [1.82, 2.24) is 19.8 Å². The second-order valence-corrected chi connectivity index (χ2v) is 7.87. The minimum absolute atomic E-state index is 0.0471. The number of nitrogens with one attached hydrogen (secondary N) is 1. The van der Waals surface area contributed by atoms with E-state index in [1.807, 2.05) is 18.3 Å². The number of hydrogen-bond donors (Lipinski definition) is 1. The molecule has 1 N–H and O–H groups in total. The first-order chi connectivity index (χ1) is 13.1. The van der Waals surface area contributed by atoms with Crippen LogP contribution in [0.25, 0.3) is 0 Å². The Hall–Kier alpha value is -1.92. The monoisotopic (exact) mass is 384 g/mol. The summed E-state index contributed by atoms with van der Waals surface area (Å²) in [4.78, 5) is 6.96. The zero-order valence-electron chi connectivity index (χ0n) is 16.3. The molecule has 2 aromatic heterocycles. The summed E-state index contributed by atoms with van der Waals surface area (Å²) in [5.74, 6) is 0. The lowest BCUT2D eigenvalue weighted by Gasteiger charge is -2.30. The highest BCUT2D eigenvalue weighted by Gasteiger charge is 2.42. The van der Waals surface area contributed by atoms with Crippen LogP contribution in [0.3, 0.4) is 0 Å². The van der Waals surface area contributed by atoms with Crippen LogP contribution in [0.1, 0.15) is 54.5 Å². The summed E-state index contributed by atoms with van der Waals surface area (Å²) in [7, 11) is 0. The Bertz CT molecular complexity index is 813. The maximum atomic E-state index is 5.92. The van der Waals surface area contributed by atoms with Crippen LogP contribution in [0.4, 0.5) is 0 Å². The molecule has 2 aromatic rings. The summed E-state index contributed by atoms with van der Waals surface area (Å²) in [5.41, 5.74) is 4.96. The molecular weight excluding hydrogens is 356 g/mol. The van der Waals surface area contributed by atoms with Crippen molar-refractivity contribution in [2.24, 2.45) is 0 Å². The van der Waals surface area contributed by atoms with Crippen molar-refractivity contribution >= 4 is 17.3 Å². The molecule has 2 saturated heterocycles. The van der Waals surface area contributed by atoms with Crippen LogP contribution >= 0.6 is 12.2 Å². The molecule has 2 aliphatic rings. The lowest BCUT2D eigenvalue weighted by Crippen LogP contribution is -2.36. The van der Waals surface area contributed by atoms with Gasteiger partial charge in [0.25, 0.3) is 0 Å². The van der Waals surface area contributed by atoms with Gasteiger partial charge in [0.1, 0.15) is 0 Å². The molecule has 4 heterocycles. The normalized spacial score (nSPS) is 25.2. The molecule has 0 spiro atoms. The minimum Gasteiger partial charge on any atom is -0.376 e. The van der Waals surface area contributed by atoms with E-state index in [2.05, 4.69) is 52.7 Å². The van der Waals surface area contributed by atoms with E-state index in [1.165, 1.54) is 17.0 Å². The lowest BCUT2D eigenvalue weighted by molar-refractivity contribution is 0.0841. The van der Waals surface area contributed by atoms with Gasteiger partial charge in [-0.1, -0.05) is 6.07 Å². The van der Waals surface area contributed by atoms with E-state index in [-0.39, 0.29) is 18.2 Å². The number of aromatic nitrogens is 2. The summed E-state index contributed by atoms with van der Waals surface area (Å²) < 4.78 is 8.29. The largest absolute Gasteiger partial charge is 0.376 e. The molecule has 144 valence electrons. The van der Waals surface area contributed by atoms with Crippen LogP contribution in [-0.2, 0) is 11.3 Å². The van der Waals surface area contributed by atoms with Gasteiger partial charge < -0.3 is 19.5 Å². The Balaban J connectivity index is 1.75. The molecule has 0 unspecified atom stereocenters. The van der Waals surface area contributed by atoms with Crippen molar-refractivity contribution < 1.29 is 4.74 Å². The molecule has 5 nitrogen and oxygen atoms in total. The van der Waals surface area contributed by atoms with Gasteiger partial charge in [-0.15, -0.1) is 0 Å². The number of rotatable bonds is 5. The molecule has 0 bridgehead atoms. The molecule has 0 aromatic carbocycles. The molecular formula is C21H28N4OS. The Labute approximate surface area is 166 Å². The first-order valence-electron chi connectivity index (χ1n) is 9.86. The molecule has 3 atom stereocenters. The zero-order chi connectivity index (χ0) is 19.0. The zero-order valence-corrected chi connectivity index (χ0v) is 17.1. The van der Waals surface area contributed by atoms with Crippen molar-refractivity contribution in [1.29, 1.82) is 0 Å². The molecule has 0 saturated carbocycles. The van der Waals surface area contributed by atoms with Crippen LogP contribution < -0.4 is 5.32 Å². The first kappa shape index (κ1) is 18.4. The Kier molecular flexibility index (Phi) is 5.19. The lowest BCUT2D eigenvalue weighted by atomic mass is 9.96. The van der Waals surface area contributed by atoms with Crippen LogP contribution in [0.5, 0.6) is 0 Å². The summed E-state index contributed by atoms with van der Waals surface area (Å²) in [6, 6.07) is 8.58. The quantitative estimate of drug-likeness (QED) is 0.797. The number of hydrogen-bond acceptors (Lipinski definition) is 3. The van der Waals surface area contributed by atoms with Gasteiger partial charge in [-0.3, -0.25) is 4.98 Å². The molecule has 6 heteroatoms. The first-order valence-corrected chi connectivity index (χ1v) is 10.3. The van der Waals surface area contributed by atoms with Gasteiger partial charge in [0, 0.05) is 37.3 Å². The maximum Gasteiger partial charge on any atom is 0.170 e. The van der Waals surface area contributed by atoms with E-state index < -0.39 is 0 Å². The van der Waals surface area contributed by atoms with E-state index in [4.69, 9.17) is 17.0 Å². The fourth-order valence-electron chi connectivity index (χ4n) is 4.56. The molecule has 2 fully saturated rings. The smallest absolute Gasteiger partial charge is 0.170 e. The Morgan fingerprint density at radius 2 is 2.19 bits per heavy atom. The van der Waals surface area contributed by atoms with Gasteiger partial charge in [0.15, 0.2) is 5.11 Å². The third kappa shape index (κ3) is 3.36. The van der Waals surface area contributed by atoms with Crippen molar-refractivity contribution in [3.63, 3.8) is 0 Å². The van der Waals surface area contributed by atoms with E-state index in [9.17, 15) is 0 Å². The summed E-state index contributed by atoms with van der Waals surface area (Å²) in [6.45, 7) is 9.25. The van der Waals surface area contributed by atoms with E-state index >= 15 is 0 Å². The average molecular weight is 385 g/mol. The second kappa shape index (κ2) is 7.60. The number of ether oxygens (including phenoxy) is 1. The predicted molar refractivity (Wildman–Crippen MR) is 111 cm³/mol. The third-order valence-corrected chi connectivity index (χ3v) is 6.22. The van der Waals surface area contributed by atoms with E-state index in [0.717, 1.165) is 43.3 Å². The highest BCUT2D eigenvalue weighted by Crippen LogP contribution is 2.41. The molecule has 27 heavy (non-hydrogen) atoms.